The van der Waals surface area contributed by atoms with Crippen molar-refractivity contribution in [2.75, 3.05) is 0 Å². The van der Waals surface area contributed by atoms with E-state index >= 15 is 0 Å². The molecule has 2 rings (SSSR count). The fraction of sp³-hybridized carbons (Fsp3) is 0.273. The molecule has 0 fully saturated rings. The Kier molecular flexibility index (Phi) is 2.60. The van der Waals surface area contributed by atoms with Gasteiger partial charge in [0, 0.05) is 0 Å². The quantitative estimate of drug-likeness (QED) is 0.722. The third-order valence-electron chi connectivity index (χ3n) is 2.14. The third kappa shape index (κ3) is 1.73. The first-order chi connectivity index (χ1) is 6.42. The van der Waals surface area contributed by atoms with Crippen LogP contribution in [0.15, 0.2) is 23.7 Å². The largest absolute Gasteiger partial charge is 0.244 e. The van der Waals surface area contributed by atoms with Crippen molar-refractivity contribution in [3.05, 3.63) is 36.2 Å². The van der Waals surface area contributed by atoms with E-state index in [0.29, 0.717) is 0 Å². The van der Waals surface area contributed by atoms with Crippen LogP contribution in [-0.4, -0.2) is 4.98 Å². The Bertz CT molecular complexity index is 392. The lowest BCUT2D eigenvalue weighted by Crippen LogP contribution is -1.85. The minimum absolute atomic E-state index is 1.00. The maximum atomic E-state index is 4.37. The van der Waals surface area contributed by atoms with Gasteiger partial charge in [0.15, 0.2) is 0 Å². The van der Waals surface area contributed by atoms with Crippen LogP contribution in [0.1, 0.15) is 18.4 Å². The Morgan fingerprint density at radius 2 is 2.31 bits per heavy atom. The van der Waals surface area contributed by atoms with E-state index in [1.165, 1.54) is 15.8 Å². The zero-order chi connectivity index (χ0) is 9.10. The molecule has 1 nitrogen and oxygen atoms in total. The van der Waals surface area contributed by atoms with Gasteiger partial charge in [0.2, 0.25) is 0 Å². The summed E-state index contributed by atoms with van der Waals surface area (Å²) < 4.78 is 1.29. The zero-order valence-electron chi connectivity index (χ0n) is 7.49. The summed E-state index contributed by atoms with van der Waals surface area (Å²) in [5.74, 6) is 0. The third-order valence-corrected chi connectivity index (χ3v) is 2.93. The number of thiazole rings is 1. The molecule has 0 saturated heterocycles. The smallest absolute Gasteiger partial charge is 0.0843 e. The molecule has 1 radical (unpaired) electrons. The number of nitrogens with zero attached hydrogens (tertiary/aromatic N) is 1. The molecule has 0 aliphatic rings. The van der Waals surface area contributed by atoms with Gasteiger partial charge in [-0.2, -0.15) is 0 Å². The first-order valence-electron chi connectivity index (χ1n) is 4.52. The second-order valence-electron chi connectivity index (χ2n) is 3.07. The highest BCUT2D eigenvalue weighted by molar-refractivity contribution is 7.16. The molecule has 2 heteroatoms. The number of fused-ring (bicyclic) bond motifs is 1. The van der Waals surface area contributed by atoms with Gasteiger partial charge in [-0.05, 0) is 24.5 Å². The maximum absolute atomic E-state index is 4.37. The van der Waals surface area contributed by atoms with Crippen LogP contribution < -0.4 is 0 Å². The topological polar surface area (TPSA) is 12.9 Å². The highest BCUT2D eigenvalue weighted by Gasteiger charge is 2.01. The summed E-state index contributed by atoms with van der Waals surface area (Å²) in [6.07, 6.45) is 3.25. The Morgan fingerprint density at radius 3 is 3.15 bits per heavy atom. The van der Waals surface area contributed by atoms with Crippen LogP contribution in [-0.2, 0) is 6.42 Å². The molecule has 0 spiro atoms. The van der Waals surface area contributed by atoms with Crippen molar-refractivity contribution in [2.45, 2.75) is 19.3 Å². The van der Waals surface area contributed by atoms with Crippen molar-refractivity contribution < 1.29 is 0 Å². The van der Waals surface area contributed by atoms with E-state index in [0.717, 1.165) is 19.3 Å². The summed E-state index contributed by atoms with van der Waals surface area (Å²) in [5, 5.41) is 0. The highest BCUT2D eigenvalue weighted by Crippen LogP contribution is 2.22. The van der Waals surface area contributed by atoms with E-state index in [1.54, 1.807) is 11.3 Å². The molecule has 0 saturated carbocycles. The van der Waals surface area contributed by atoms with Crippen LogP contribution in [0.25, 0.3) is 10.2 Å². The number of rotatable bonds is 3. The predicted molar refractivity (Wildman–Crippen MR) is 57.9 cm³/mol. The van der Waals surface area contributed by atoms with Crippen LogP contribution in [0.2, 0.25) is 0 Å². The second kappa shape index (κ2) is 3.88. The van der Waals surface area contributed by atoms with E-state index in [9.17, 15) is 0 Å². The molecule has 0 N–H and O–H groups in total. The van der Waals surface area contributed by atoms with Gasteiger partial charge < -0.3 is 0 Å². The first kappa shape index (κ1) is 8.70. The number of aryl methyl sites for hydroxylation is 1. The van der Waals surface area contributed by atoms with Crippen molar-refractivity contribution >= 4 is 21.6 Å². The Balaban J connectivity index is 2.37. The molecule has 1 aromatic heterocycles. The van der Waals surface area contributed by atoms with Crippen molar-refractivity contribution in [3.8, 4) is 0 Å². The summed E-state index contributed by atoms with van der Waals surface area (Å²) >= 11 is 1.71. The van der Waals surface area contributed by atoms with Crippen LogP contribution >= 0.6 is 11.3 Å². The number of para-hydroxylation sites is 1. The number of hydrogen-bond donors (Lipinski definition) is 0. The molecule has 0 amide bonds. The van der Waals surface area contributed by atoms with Gasteiger partial charge in [-0.3, -0.25) is 0 Å². The molecule has 13 heavy (non-hydrogen) atoms. The van der Waals surface area contributed by atoms with Crippen molar-refractivity contribution in [1.82, 2.24) is 4.98 Å². The normalized spacial score (nSPS) is 10.8. The lowest BCUT2D eigenvalue weighted by molar-refractivity contribution is 0.844. The number of aromatic nitrogens is 1. The minimum Gasteiger partial charge on any atom is -0.244 e. The van der Waals surface area contributed by atoms with E-state index in [4.69, 9.17) is 0 Å². The Hall–Kier alpha value is -0.890. The van der Waals surface area contributed by atoms with Gasteiger partial charge in [-0.1, -0.05) is 25.5 Å². The Morgan fingerprint density at radius 1 is 1.38 bits per heavy atom. The van der Waals surface area contributed by atoms with Gasteiger partial charge in [0.1, 0.15) is 0 Å². The van der Waals surface area contributed by atoms with Crippen molar-refractivity contribution in [2.24, 2.45) is 0 Å². The van der Waals surface area contributed by atoms with E-state index in [1.807, 2.05) is 5.51 Å². The molecule has 1 heterocycles. The fourth-order valence-electron chi connectivity index (χ4n) is 1.46. The summed E-state index contributed by atoms with van der Waals surface area (Å²) in [6, 6.07) is 6.40. The molecule has 0 aliphatic carbocycles. The number of unbranched alkanes of at least 4 members (excludes halogenated alkanes) is 1. The molecule has 67 valence electrons. The minimum atomic E-state index is 1.00. The van der Waals surface area contributed by atoms with Gasteiger partial charge in [0.05, 0.1) is 15.7 Å². The van der Waals surface area contributed by atoms with Gasteiger partial charge in [-0.15, -0.1) is 11.3 Å². The molecule has 0 bridgehead atoms. The van der Waals surface area contributed by atoms with E-state index in [2.05, 4.69) is 30.1 Å². The second-order valence-corrected chi connectivity index (χ2v) is 3.96. The highest BCUT2D eigenvalue weighted by atomic mass is 32.1. The molecular formula is C11H12NS. The Labute approximate surface area is 82.4 Å². The summed E-state index contributed by atoms with van der Waals surface area (Å²) in [4.78, 5) is 4.37. The number of hydrogen-bond acceptors (Lipinski definition) is 2. The first-order valence-corrected chi connectivity index (χ1v) is 5.40. The zero-order valence-corrected chi connectivity index (χ0v) is 8.31. The standard InChI is InChI=1S/C11H12NS/c1-2-3-5-9-6-4-7-10-11(9)12-8-13-10/h4,6-8H,1-3,5H2. The van der Waals surface area contributed by atoms with Crippen LogP contribution in [0, 0.1) is 6.92 Å². The van der Waals surface area contributed by atoms with Crippen molar-refractivity contribution in [1.29, 1.82) is 0 Å². The molecule has 0 aliphatic heterocycles. The predicted octanol–water partition coefficient (Wildman–Crippen LogP) is 3.45. The molecular weight excluding hydrogens is 178 g/mol. The van der Waals surface area contributed by atoms with Gasteiger partial charge in [-0.25, -0.2) is 4.98 Å². The van der Waals surface area contributed by atoms with Crippen LogP contribution in [0.3, 0.4) is 0 Å². The van der Waals surface area contributed by atoms with E-state index < -0.39 is 0 Å². The number of benzene rings is 1. The molecule has 0 atom stereocenters. The molecule has 1 aromatic carbocycles. The average molecular weight is 190 g/mol. The lowest BCUT2D eigenvalue weighted by Gasteiger charge is -1.99. The maximum Gasteiger partial charge on any atom is 0.0843 e. The molecule has 2 aromatic rings. The van der Waals surface area contributed by atoms with Gasteiger partial charge in [0.25, 0.3) is 0 Å². The molecule has 0 unspecified atom stereocenters. The van der Waals surface area contributed by atoms with Gasteiger partial charge >= 0.3 is 0 Å². The summed E-state index contributed by atoms with van der Waals surface area (Å²) in [5.41, 5.74) is 4.46. The average Bonchev–Trinajstić information content (AvgIpc) is 2.62. The fourth-order valence-corrected chi connectivity index (χ4v) is 2.19. The van der Waals surface area contributed by atoms with Crippen LogP contribution in [0.4, 0.5) is 0 Å². The van der Waals surface area contributed by atoms with E-state index in [-0.39, 0.29) is 0 Å². The summed E-state index contributed by atoms with van der Waals surface area (Å²) in [6.45, 7) is 3.85. The van der Waals surface area contributed by atoms with Crippen molar-refractivity contribution in [3.63, 3.8) is 0 Å². The summed E-state index contributed by atoms with van der Waals surface area (Å²) in [7, 11) is 0. The lowest BCUT2D eigenvalue weighted by atomic mass is 10.1. The SMILES string of the molecule is [CH2]CCCc1cccc2scnc12. The monoisotopic (exact) mass is 190 g/mol. The van der Waals surface area contributed by atoms with Crippen LogP contribution in [0.5, 0.6) is 0 Å².